The first-order valence-electron chi connectivity index (χ1n) is 9.28. The molecule has 3 fully saturated rings. The average Bonchev–Trinajstić information content (AvgIpc) is 2.98. The molecule has 1 amide bonds. The van der Waals surface area contributed by atoms with Gasteiger partial charge in [0, 0.05) is 12.1 Å². The van der Waals surface area contributed by atoms with Crippen LogP contribution in [0.2, 0.25) is 0 Å². The fourth-order valence-corrected chi connectivity index (χ4v) is 4.71. The van der Waals surface area contributed by atoms with Gasteiger partial charge in [-0.25, -0.2) is 0 Å². The predicted molar refractivity (Wildman–Crippen MR) is 86.2 cm³/mol. The first kappa shape index (κ1) is 15.3. The summed E-state index contributed by atoms with van der Waals surface area (Å²) < 4.78 is 0. The highest BCUT2D eigenvalue weighted by Crippen LogP contribution is 2.33. The van der Waals surface area contributed by atoms with Crippen molar-refractivity contribution in [2.24, 2.45) is 0 Å². The van der Waals surface area contributed by atoms with E-state index in [2.05, 4.69) is 17.1 Å². The summed E-state index contributed by atoms with van der Waals surface area (Å²) in [6.45, 7) is 3.15. The van der Waals surface area contributed by atoms with Gasteiger partial charge in [-0.05, 0) is 52.0 Å². The van der Waals surface area contributed by atoms with E-state index in [1.54, 1.807) is 0 Å². The van der Waals surface area contributed by atoms with Crippen molar-refractivity contribution in [3.8, 4) is 0 Å². The van der Waals surface area contributed by atoms with Crippen LogP contribution < -0.4 is 5.32 Å². The summed E-state index contributed by atoms with van der Waals surface area (Å²) in [5.41, 5.74) is -0.283. The third-order valence-corrected chi connectivity index (χ3v) is 6.01. The molecule has 1 aliphatic heterocycles. The largest absolute Gasteiger partial charge is 0.335 e. The van der Waals surface area contributed by atoms with Gasteiger partial charge in [0.1, 0.15) is 0 Å². The molecule has 1 atom stereocenters. The first-order chi connectivity index (χ1) is 10.2. The molecule has 0 aromatic heterocycles. The molecular formula is C18H32N2O. The minimum Gasteiger partial charge on any atom is -0.335 e. The maximum absolute atomic E-state index is 13.3. The lowest BCUT2D eigenvalue weighted by molar-refractivity contribution is -0.144. The Kier molecular flexibility index (Phi) is 4.88. The Morgan fingerprint density at radius 1 is 0.905 bits per heavy atom. The van der Waals surface area contributed by atoms with E-state index in [-0.39, 0.29) is 5.54 Å². The van der Waals surface area contributed by atoms with E-state index in [4.69, 9.17) is 0 Å². The average molecular weight is 292 g/mol. The number of hydrogen-bond donors (Lipinski definition) is 1. The summed E-state index contributed by atoms with van der Waals surface area (Å²) in [7, 11) is 0. The topological polar surface area (TPSA) is 32.3 Å². The molecule has 0 aromatic carbocycles. The maximum Gasteiger partial charge on any atom is 0.243 e. The van der Waals surface area contributed by atoms with Gasteiger partial charge in [0.15, 0.2) is 0 Å². The van der Waals surface area contributed by atoms with E-state index in [1.165, 1.54) is 64.2 Å². The highest BCUT2D eigenvalue weighted by molar-refractivity contribution is 5.87. The number of nitrogens with zero attached hydrogens (tertiary/aromatic N) is 1. The molecule has 1 N–H and O–H groups in total. The molecule has 0 aromatic rings. The van der Waals surface area contributed by atoms with Gasteiger partial charge in [0.2, 0.25) is 5.91 Å². The molecule has 3 aliphatic rings. The zero-order chi connectivity index (χ0) is 14.7. The van der Waals surface area contributed by atoms with Crippen molar-refractivity contribution in [1.29, 1.82) is 0 Å². The SMILES string of the molecule is CC1(C(=O)N(C2CCCCC2)C2CCCCC2)CCCN1. The highest BCUT2D eigenvalue weighted by Gasteiger charge is 2.43. The van der Waals surface area contributed by atoms with Crippen LogP contribution in [-0.4, -0.2) is 35.0 Å². The van der Waals surface area contributed by atoms with Gasteiger partial charge in [-0.2, -0.15) is 0 Å². The van der Waals surface area contributed by atoms with Crippen LogP contribution >= 0.6 is 0 Å². The number of amides is 1. The van der Waals surface area contributed by atoms with Gasteiger partial charge in [0.25, 0.3) is 0 Å². The summed E-state index contributed by atoms with van der Waals surface area (Å²) in [6.07, 6.45) is 15.1. The number of rotatable bonds is 3. The van der Waals surface area contributed by atoms with Crippen molar-refractivity contribution in [2.75, 3.05) is 6.54 Å². The number of hydrogen-bond acceptors (Lipinski definition) is 2. The van der Waals surface area contributed by atoms with E-state index >= 15 is 0 Å². The summed E-state index contributed by atoms with van der Waals surface area (Å²) in [6, 6.07) is 1.04. The van der Waals surface area contributed by atoms with Gasteiger partial charge in [0.05, 0.1) is 5.54 Å². The van der Waals surface area contributed by atoms with Gasteiger partial charge < -0.3 is 10.2 Å². The van der Waals surface area contributed by atoms with Gasteiger partial charge in [-0.1, -0.05) is 38.5 Å². The minimum atomic E-state index is -0.283. The molecule has 1 unspecified atom stereocenters. The van der Waals surface area contributed by atoms with Gasteiger partial charge in [-0.3, -0.25) is 4.79 Å². The van der Waals surface area contributed by atoms with Gasteiger partial charge in [-0.15, -0.1) is 0 Å². The third-order valence-electron chi connectivity index (χ3n) is 6.01. The monoisotopic (exact) mass is 292 g/mol. The molecule has 21 heavy (non-hydrogen) atoms. The van der Waals surface area contributed by atoms with Crippen molar-refractivity contribution >= 4 is 5.91 Å². The number of carbonyl (C=O) groups is 1. The lowest BCUT2D eigenvalue weighted by Crippen LogP contribution is -2.59. The molecule has 2 saturated carbocycles. The summed E-state index contributed by atoms with van der Waals surface area (Å²) in [4.78, 5) is 15.7. The molecule has 120 valence electrons. The maximum atomic E-state index is 13.3. The van der Waals surface area contributed by atoms with Crippen molar-refractivity contribution in [2.45, 2.75) is 102 Å². The Labute approximate surface area is 129 Å². The fourth-order valence-electron chi connectivity index (χ4n) is 4.71. The van der Waals surface area contributed by atoms with Crippen LogP contribution in [0.15, 0.2) is 0 Å². The Morgan fingerprint density at radius 3 is 1.86 bits per heavy atom. The Balaban J connectivity index is 1.78. The second-order valence-electron chi connectivity index (χ2n) is 7.66. The quantitative estimate of drug-likeness (QED) is 0.861. The molecular weight excluding hydrogens is 260 g/mol. The van der Waals surface area contributed by atoms with E-state index in [0.717, 1.165) is 19.4 Å². The summed E-state index contributed by atoms with van der Waals surface area (Å²) in [5, 5.41) is 3.50. The van der Waals surface area contributed by atoms with E-state index in [0.29, 0.717) is 18.0 Å². The van der Waals surface area contributed by atoms with Crippen LogP contribution in [0.25, 0.3) is 0 Å². The second kappa shape index (κ2) is 6.68. The van der Waals surface area contributed by atoms with Crippen LogP contribution in [0.4, 0.5) is 0 Å². The van der Waals surface area contributed by atoms with Crippen molar-refractivity contribution in [1.82, 2.24) is 10.2 Å². The Bertz CT molecular complexity index is 332. The molecule has 1 heterocycles. The molecule has 0 spiro atoms. The lowest BCUT2D eigenvalue weighted by atomic mass is 9.86. The molecule has 2 aliphatic carbocycles. The molecule has 1 saturated heterocycles. The number of carbonyl (C=O) groups excluding carboxylic acids is 1. The molecule has 0 bridgehead atoms. The third kappa shape index (κ3) is 3.28. The van der Waals surface area contributed by atoms with Gasteiger partial charge >= 0.3 is 0 Å². The van der Waals surface area contributed by atoms with Crippen LogP contribution in [0, 0.1) is 0 Å². The number of nitrogens with one attached hydrogen (secondary N) is 1. The van der Waals surface area contributed by atoms with Crippen LogP contribution in [0.5, 0.6) is 0 Å². The van der Waals surface area contributed by atoms with Crippen LogP contribution in [-0.2, 0) is 4.79 Å². The summed E-state index contributed by atoms with van der Waals surface area (Å²) in [5.74, 6) is 0.416. The summed E-state index contributed by atoms with van der Waals surface area (Å²) >= 11 is 0. The van der Waals surface area contributed by atoms with E-state index < -0.39 is 0 Å². The standard InChI is InChI=1S/C18H32N2O/c1-18(13-8-14-19-18)17(21)20(15-9-4-2-5-10-15)16-11-6-3-7-12-16/h15-16,19H,2-14H2,1H3. The molecule has 3 heteroatoms. The molecule has 3 rings (SSSR count). The minimum absolute atomic E-state index is 0.283. The van der Waals surface area contributed by atoms with E-state index in [1.807, 2.05) is 0 Å². The second-order valence-corrected chi connectivity index (χ2v) is 7.66. The van der Waals surface area contributed by atoms with E-state index in [9.17, 15) is 4.79 Å². The first-order valence-corrected chi connectivity index (χ1v) is 9.28. The van der Waals surface area contributed by atoms with Crippen LogP contribution in [0.1, 0.15) is 84.0 Å². The zero-order valence-electron chi connectivity index (χ0n) is 13.7. The fraction of sp³-hybridized carbons (Fsp3) is 0.944. The highest BCUT2D eigenvalue weighted by atomic mass is 16.2. The van der Waals surface area contributed by atoms with Crippen molar-refractivity contribution < 1.29 is 4.79 Å². The Morgan fingerprint density at radius 2 is 1.43 bits per heavy atom. The normalized spacial score (nSPS) is 32.2. The Hall–Kier alpha value is -0.570. The molecule has 3 nitrogen and oxygen atoms in total. The zero-order valence-corrected chi connectivity index (χ0v) is 13.7. The predicted octanol–water partition coefficient (Wildman–Crippen LogP) is 3.62. The van der Waals surface area contributed by atoms with Crippen molar-refractivity contribution in [3.63, 3.8) is 0 Å². The smallest absolute Gasteiger partial charge is 0.243 e. The van der Waals surface area contributed by atoms with Crippen molar-refractivity contribution in [3.05, 3.63) is 0 Å². The lowest BCUT2D eigenvalue weighted by Gasteiger charge is -2.45. The molecule has 0 radical (unpaired) electrons. The van der Waals surface area contributed by atoms with Crippen LogP contribution in [0.3, 0.4) is 0 Å².